The van der Waals surface area contributed by atoms with E-state index in [1.54, 1.807) is 30.3 Å². The van der Waals surface area contributed by atoms with Crippen molar-refractivity contribution in [2.24, 2.45) is 5.73 Å². The molecule has 0 amide bonds. The van der Waals surface area contributed by atoms with E-state index < -0.39 is 10.0 Å². The number of benzene rings is 1. The lowest BCUT2D eigenvalue weighted by molar-refractivity contribution is 0.596. The lowest BCUT2D eigenvalue weighted by Gasteiger charge is -2.21. The van der Waals surface area contributed by atoms with Gasteiger partial charge in [0.2, 0.25) is 0 Å². The van der Waals surface area contributed by atoms with E-state index in [0.29, 0.717) is 11.3 Å². The van der Waals surface area contributed by atoms with E-state index in [1.807, 2.05) is 6.92 Å². The van der Waals surface area contributed by atoms with Gasteiger partial charge in [0.05, 0.1) is 9.47 Å². The Hall–Kier alpha value is -0.960. The van der Waals surface area contributed by atoms with Crippen LogP contribution in [0.5, 0.6) is 0 Å². The van der Waals surface area contributed by atoms with E-state index >= 15 is 0 Å². The van der Waals surface area contributed by atoms with Crippen LogP contribution in [-0.2, 0) is 10.0 Å². The minimum atomic E-state index is -3.64. The number of nitrogens with zero attached hydrogens (tertiary/aromatic N) is 1. The Kier molecular flexibility index (Phi) is 4.72. The number of hydrogen-bond acceptors (Lipinski definition) is 4. The van der Waals surface area contributed by atoms with Gasteiger partial charge in [0.25, 0.3) is 10.0 Å². The minimum absolute atomic E-state index is 0.163. The first kappa shape index (κ1) is 16.4. The molecule has 0 aliphatic rings. The third kappa shape index (κ3) is 3.13. The molecule has 0 unspecified atom stereocenters. The number of nitrogens with two attached hydrogens (primary N) is 1. The molecule has 0 aliphatic carbocycles. The fraction of sp³-hybridized carbons (Fsp3) is 0.154. The van der Waals surface area contributed by atoms with Crippen molar-refractivity contribution in [3.8, 4) is 0 Å². The first-order valence-electron chi connectivity index (χ1n) is 5.89. The van der Waals surface area contributed by atoms with Gasteiger partial charge in [-0.05, 0) is 46.6 Å². The first-order chi connectivity index (χ1) is 9.75. The summed E-state index contributed by atoms with van der Waals surface area (Å²) in [7, 11) is -2.15. The van der Waals surface area contributed by atoms with Crippen LogP contribution in [0.2, 0.25) is 0 Å². The summed E-state index contributed by atoms with van der Waals surface area (Å²) in [4.78, 5) is 0.163. The summed E-state index contributed by atoms with van der Waals surface area (Å²) in [6.45, 7) is 1.85. The van der Waals surface area contributed by atoms with Crippen molar-refractivity contribution < 1.29 is 8.42 Å². The number of rotatable bonds is 4. The van der Waals surface area contributed by atoms with E-state index in [-0.39, 0.29) is 9.20 Å². The summed E-state index contributed by atoms with van der Waals surface area (Å²) in [5.41, 5.74) is 7.55. The Morgan fingerprint density at radius 3 is 2.52 bits per heavy atom. The number of para-hydroxylation sites is 1. The number of halogens is 1. The zero-order valence-corrected chi connectivity index (χ0v) is 15.4. The van der Waals surface area contributed by atoms with Crippen LogP contribution >= 0.6 is 39.5 Å². The number of thiocarbonyl (C=S) groups is 1. The lowest BCUT2D eigenvalue weighted by Crippen LogP contribution is -2.28. The molecule has 0 atom stereocenters. The van der Waals surface area contributed by atoms with Gasteiger partial charge in [-0.1, -0.05) is 24.4 Å². The molecule has 112 valence electrons. The van der Waals surface area contributed by atoms with Gasteiger partial charge >= 0.3 is 0 Å². The summed E-state index contributed by atoms with van der Waals surface area (Å²) in [5, 5.41) is 0. The molecular weight excluding hydrogens is 392 g/mol. The van der Waals surface area contributed by atoms with Crippen LogP contribution < -0.4 is 10.0 Å². The number of aryl methyl sites for hydroxylation is 1. The summed E-state index contributed by atoms with van der Waals surface area (Å²) < 4.78 is 27.7. The van der Waals surface area contributed by atoms with Gasteiger partial charge in [-0.2, -0.15) is 0 Å². The molecule has 2 rings (SSSR count). The molecule has 0 spiro atoms. The average molecular weight is 405 g/mol. The predicted octanol–water partition coefficient (Wildman–Crippen LogP) is 3.28. The average Bonchev–Trinajstić information content (AvgIpc) is 2.78. The Bertz CT molecular complexity index is 780. The molecule has 0 bridgehead atoms. The normalized spacial score (nSPS) is 11.4. The second-order valence-electron chi connectivity index (χ2n) is 4.38. The van der Waals surface area contributed by atoms with Gasteiger partial charge in [0.1, 0.15) is 9.20 Å². The van der Waals surface area contributed by atoms with Crippen LogP contribution in [0.15, 0.2) is 38.3 Å². The minimum Gasteiger partial charge on any atom is -0.389 e. The molecule has 4 nitrogen and oxygen atoms in total. The number of anilines is 1. The van der Waals surface area contributed by atoms with Gasteiger partial charge < -0.3 is 5.73 Å². The summed E-state index contributed by atoms with van der Waals surface area (Å²) in [5.74, 6) is 0. The highest BCUT2D eigenvalue weighted by molar-refractivity contribution is 9.11. The molecule has 0 radical (unpaired) electrons. The topological polar surface area (TPSA) is 63.4 Å². The van der Waals surface area contributed by atoms with Crippen LogP contribution in [0.3, 0.4) is 0 Å². The Balaban J connectivity index is 2.53. The third-order valence-corrected chi connectivity index (χ3v) is 7.54. The maximum Gasteiger partial charge on any atom is 0.273 e. The molecule has 8 heteroatoms. The summed E-state index contributed by atoms with van der Waals surface area (Å²) in [6.07, 6.45) is 0. The van der Waals surface area contributed by atoms with Crippen molar-refractivity contribution in [3.05, 3.63) is 45.2 Å². The lowest BCUT2D eigenvalue weighted by atomic mass is 10.2. The monoisotopic (exact) mass is 404 g/mol. The number of thiophene rings is 1. The summed E-state index contributed by atoms with van der Waals surface area (Å²) in [6, 6.07) is 8.55. The third-order valence-electron chi connectivity index (χ3n) is 2.96. The quantitative estimate of drug-likeness (QED) is 0.793. The van der Waals surface area contributed by atoms with E-state index in [2.05, 4.69) is 15.9 Å². The van der Waals surface area contributed by atoms with Gasteiger partial charge in [-0.25, -0.2) is 8.42 Å². The molecule has 0 aliphatic heterocycles. The zero-order chi connectivity index (χ0) is 15.8. The Labute approximate surface area is 141 Å². The van der Waals surface area contributed by atoms with E-state index in [1.165, 1.54) is 22.7 Å². The van der Waals surface area contributed by atoms with Crippen molar-refractivity contribution >= 4 is 60.2 Å². The van der Waals surface area contributed by atoms with Crippen molar-refractivity contribution in [3.63, 3.8) is 0 Å². The highest BCUT2D eigenvalue weighted by Crippen LogP contribution is 2.34. The molecular formula is C13H13BrN2O2S3. The zero-order valence-electron chi connectivity index (χ0n) is 11.3. The second-order valence-corrected chi connectivity index (χ2v) is 9.38. The maximum atomic E-state index is 12.7. The molecule has 2 aromatic rings. The molecule has 2 N–H and O–H groups in total. The fourth-order valence-electron chi connectivity index (χ4n) is 1.78. The molecule has 1 heterocycles. The Morgan fingerprint density at radius 1 is 1.38 bits per heavy atom. The standard InChI is InChI=1S/C13H13BrN2O2S3/c1-8-7-11(20-12(8)14)21(17,18)16(2)10-6-4-3-5-9(10)13(15)19/h3-7H,1-2H3,(H2,15,19). The van der Waals surface area contributed by atoms with Gasteiger partial charge in [-0.3, -0.25) is 4.31 Å². The molecule has 0 saturated heterocycles. The van der Waals surface area contributed by atoms with Crippen molar-refractivity contribution in [1.29, 1.82) is 0 Å². The van der Waals surface area contributed by atoms with Gasteiger partial charge in [0.15, 0.2) is 0 Å². The molecule has 21 heavy (non-hydrogen) atoms. The molecule has 1 aromatic carbocycles. The highest BCUT2D eigenvalue weighted by atomic mass is 79.9. The van der Waals surface area contributed by atoms with Crippen LogP contribution in [0.1, 0.15) is 11.1 Å². The largest absolute Gasteiger partial charge is 0.389 e. The molecule has 1 aromatic heterocycles. The van der Waals surface area contributed by atoms with Gasteiger partial charge in [-0.15, -0.1) is 11.3 Å². The van der Waals surface area contributed by atoms with Crippen LogP contribution in [0.25, 0.3) is 0 Å². The van der Waals surface area contributed by atoms with E-state index in [9.17, 15) is 8.42 Å². The second kappa shape index (κ2) is 6.04. The highest BCUT2D eigenvalue weighted by Gasteiger charge is 2.26. The molecule has 0 fully saturated rings. The van der Waals surface area contributed by atoms with Crippen molar-refractivity contribution in [2.75, 3.05) is 11.4 Å². The number of hydrogen-bond donors (Lipinski definition) is 1. The fourth-order valence-corrected chi connectivity index (χ4v) is 5.56. The van der Waals surface area contributed by atoms with Gasteiger partial charge in [0, 0.05) is 12.6 Å². The first-order valence-corrected chi connectivity index (χ1v) is 9.34. The Morgan fingerprint density at radius 2 is 2.00 bits per heavy atom. The van der Waals surface area contributed by atoms with Crippen LogP contribution in [0.4, 0.5) is 5.69 Å². The van der Waals surface area contributed by atoms with E-state index in [0.717, 1.165) is 9.35 Å². The number of sulfonamides is 1. The molecule has 0 saturated carbocycles. The van der Waals surface area contributed by atoms with Crippen molar-refractivity contribution in [2.45, 2.75) is 11.1 Å². The maximum absolute atomic E-state index is 12.7. The van der Waals surface area contributed by atoms with E-state index in [4.69, 9.17) is 18.0 Å². The van der Waals surface area contributed by atoms with Crippen molar-refractivity contribution in [1.82, 2.24) is 0 Å². The van der Waals surface area contributed by atoms with Crippen LogP contribution in [0, 0.1) is 6.92 Å². The SMILES string of the molecule is Cc1cc(S(=O)(=O)N(C)c2ccccc2C(N)=S)sc1Br. The van der Waals surface area contributed by atoms with Crippen LogP contribution in [-0.4, -0.2) is 20.5 Å². The smallest absolute Gasteiger partial charge is 0.273 e. The predicted molar refractivity (Wildman–Crippen MR) is 94.7 cm³/mol. The summed E-state index contributed by atoms with van der Waals surface area (Å²) >= 11 is 9.51.